The van der Waals surface area contributed by atoms with Gasteiger partial charge in [-0.2, -0.15) is 0 Å². The van der Waals surface area contributed by atoms with Crippen LogP contribution in [0.4, 0.5) is 0 Å². The topological polar surface area (TPSA) is 41.1 Å². The highest BCUT2D eigenvalue weighted by Crippen LogP contribution is 2.50. The first kappa shape index (κ1) is 12.1. The summed E-state index contributed by atoms with van der Waals surface area (Å²) in [7, 11) is 1.73. The van der Waals surface area contributed by atoms with Gasteiger partial charge in [-0.05, 0) is 50.3 Å². The molecule has 0 unspecified atom stereocenters. The van der Waals surface area contributed by atoms with E-state index in [9.17, 15) is 4.79 Å². The fraction of sp³-hybridized carbons (Fsp3) is 0.500. The number of amides is 1. The van der Waals surface area contributed by atoms with Gasteiger partial charge in [-0.15, -0.1) is 0 Å². The summed E-state index contributed by atoms with van der Waals surface area (Å²) in [6.07, 6.45) is 1.90. The van der Waals surface area contributed by atoms with Crippen LogP contribution in [0, 0.1) is 20.8 Å². The van der Waals surface area contributed by atoms with Crippen molar-refractivity contribution in [1.82, 2.24) is 10.9 Å². The predicted octanol–water partition coefficient (Wildman–Crippen LogP) is 1.89. The normalized spacial score (nSPS) is 16.7. The lowest BCUT2D eigenvalue weighted by molar-refractivity contribution is -0.124. The van der Waals surface area contributed by atoms with Crippen LogP contribution in [0.3, 0.4) is 0 Å². The van der Waals surface area contributed by atoms with Crippen LogP contribution in [0.2, 0.25) is 0 Å². The lowest BCUT2D eigenvalue weighted by Crippen LogP contribution is -2.42. The Balaban J connectivity index is 2.44. The Bertz CT molecular complexity index is 438. The van der Waals surface area contributed by atoms with E-state index < -0.39 is 0 Å². The average molecular weight is 232 g/mol. The lowest BCUT2D eigenvalue weighted by atomic mass is 9.86. The number of nitrogens with one attached hydrogen (secondary N) is 2. The van der Waals surface area contributed by atoms with E-state index >= 15 is 0 Å². The number of hydrogen-bond donors (Lipinski definition) is 2. The van der Waals surface area contributed by atoms with E-state index in [1.807, 2.05) is 0 Å². The minimum absolute atomic E-state index is 0.0926. The molecule has 1 amide bonds. The maximum absolute atomic E-state index is 12.1. The molecule has 0 aromatic heterocycles. The second kappa shape index (κ2) is 4.15. The summed E-state index contributed by atoms with van der Waals surface area (Å²) >= 11 is 0. The molecule has 0 saturated heterocycles. The standard InChI is InChI=1S/C14H20N2O/c1-9-7-10(2)12(11(3)8-9)14(5-6-14)13(17)16-15-4/h7-8,15H,5-6H2,1-4H3,(H,16,17). The molecule has 1 aromatic rings. The van der Waals surface area contributed by atoms with Crippen LogP contribution in [-0.4, -0.2) is 13.0 Å². The highest BCUT2D eigenvalue weighted by atomic mass is 16.2. The summed E-state index contributed by atoms with van der Waals surface area (Å²) in [5, 5.41) is 0. The van der Waals surface area contributed by atoms with Crippen molar-refractivity contribution in [2.75, 3.05) is 7.05 Å². The van der Waals surface area contributed by atoms with Gasteiger partial charge >= 0.3 is 0 Å². The molecule has 1 aliphatic rings. The Morgan fingerprint density at radius 1 is 1.18 bits per heavy atom. The van der Waals surface area contributed by atoms with Crippen LogP contribution >= 0.6 is 0 Å². The highest BCUT2D eigenvalue weighted by Gasteiger charge is 2.52. The molecule has 0 heterocycles. The van der Waals surface area contributed by atoms with E-state index in [1.165, 1.54) is 22.3 Å². The number of rotatable bonds is 3. The largest absolute Gasteiger partial charge is 0.291 e. The van der Waals surface area contributed by atoms with E-state index in [0.717, 1.165) is 12.8 Å². The monoisotopic (exact) mass is 232 g/mol. The Morgan fingerprint density at radius 2 is 1.71 bits per heavy atom. The molecule has 1 aliphatic carbocycles. The van der Waals surface area contributed by atoms with Gasteiger partial charge in [-0.25, -0.2) is 5.43 Å². The molecule has 2 rings (SSSR count). The zero-order chi connectivity index (χ0) is 12.6. The number of carbonyl (C=O) groups excluding carboxylic acids is 1. The zero-order valence-corrected chi connectivity index (χ0v) is 11.0. The molecule has 1 aromatic carbocycles. The Hall–Kier alpha value is -1.35. The van der Waals surface area contributed by atoms with Crippen LogP contribution in [0.25, 0.3) is 0 Å². The van der Waals surface area contributed by atoms with Crippen molar-refractivity contribution < 1.29 is 4.79 Å². The van der Waals surface area contributed by atoms with Gasteiger partial charge in [-0.3, -0.25) is 10.2 Å². The summed E-state index contributed by atoms with van der Waals surface area (Å²) in [6, 6.07) is 4.32. The first-order chi connectivity index (χ1) is 8.01. The summed E-state index contributed by atoms with van der Waals surface area (Å²) in [5.41, 5.74) is 10.1. The summed E-state index contributed by atoms with van der Waals surface area (Å²) in [6.45, 7) is 6.29. The molecule has 3 heteroatoms. The summed E-state index contributed by atoms with van der Waals surface area (Å²) in [4.78, 5) is 12.1. The zero-order valence-electron chi connectivity index (χ0n) is 11.0. The van der Waals surface area contributed by atoms with Crippen LogP contribution in [0.1, 0.15) is 35.1 Å². The minimum atomic E-state index is -0.287. The number of benzene rings is 1. The summed E-state index contributed by atoms with van der Waals surface area (Å²) in [5.74, 6) is 0.0926. The number of aryl methyl sites for hydroxylation is 3. The van der Waals surface area contributed by atoms with Crippen molar-refractivity contribution in [2.45, 2.75) is 39.0 Å². The van der Waals surface area contributed by atoms with Gasteiger partial charge in [0.05, 0.1) is 5.41 Å². The van der Waals surface area contributed by atoms with Crippen molar-refractivity contribution in [3.8, 4) is 0 Å². The Morgan fingerprint density at radius 3 is 2.12 bits per heavy atom. The first-order valence-corrected chi connectivity index (χ1v) is 6.07. The maximum atomic E-state index is 12.1. The van der Waals surface area contributed by atoms with Crippen molar-refractivity contribution in [3.05, 3.63) is 34.4 Å². The molecule has 3 nitrogen and oxygen atoms in total. The maximum Gasteiger partial charge on any atom is 0.244 e. The van der Waals surface area contributed by atoms with Gasteiger partial charge in [0.1, 0.15) is 0 Å². The van der Waals surface area contributed by atoms with Crippen LogP contribution in [0.5, 0.6) is 0 Å². The molecular formula is C14H20N2O. The van der Waals surface area contributed by atoms with Crippen molar-refractivity contribution in [2.24, 2.45) is 0 Å². The molecule has 1 fully saturated rings. The van der Waals surface area contributed by atoms with E-state index in [4.69, 9.17) is 0 Å². The smallest absolute Gasteiger partial charge is 0.244 e. The lowest BCUT2D eigenvalue weighted by Gasteiger charge is -2.20. The molecule has 0 bridgehead atoms. The highest BCUT2D eigenvalue weighted by molar-refractivity contribution is 5.91. The molecule has 17 heavy (non-hydrogen) atoms. The fourth-order valence-corrected chi connectivity index (χ4v) is 2.88. The molecule has 0 aliphatic heterocycles. The molecular weight excluding hydrogens is 212 g/mol. The van der Waals surface area contributed by atoms with E-state index in [2.05, 4.69) is 43.8 Å². The number of hydrogen-bond acceptors (Lipinski definition) is 2. The third-order valence-corrected chi connectivity index (χ3v) is 3.58. The minimum Gasteiger partial charge on any atom is -0.291 e. The van der Waals surface area contributed by atoms with Gasteiger partial charge in [0.25, 0.3) is 0 Å². The van der Waals surface area contributed by atoms with Crippen LogP contribution in [0.15, 0.2) is 12.1 Å². The van der Waals surface area contributed by atoms with Gasteiger partial charge in [0.2, 0.25) is 5.91 Å². The number of hydrazine groups is 1. The molecule has 0 radical (unpaired) electrons. The Kier molecular flexibility index (Phi) is 2.96. The van der Waals surface area contributed by atoms with Crippen molar-refractivity contribution >= 4 is 5.91 Å². The molecule has 0 atom stereocenters. The average Bonchev–Trinajstić information content (AvgIpc) is 2.98. The van der Waals surface area contributed by atoms with E-state index in [0.29, 0.717) is 0 Å². The second-order valence-corrected chi connectivity index (χ2v) is 5.06. The van der Waals surface area contributed by atoms with Gasteiger partial charge < -0.3 is 0 Å². The van der Waals surface area contributed by atoms with Crippen molar-refractivity contribution in [1.29, 1.82) is 0 Å². The fourth-order valence-electron chi connectivity index (χ4n) is 2.88. The van der Waals surface area contributed by atoms with Crippen molar-refractivity contribution in [3.63, 3.8) is 0 Å². The van der Waals surface area contributed by atoms with E-state index in [1.54, 1.807) is 7.05 Å². The molecule has 1 saturated carbocycles. The quantitative estimate of drug-likeness (QED) is 0.781. The SMILES string of the molecule is CNNC(=O)C1(c2c(C)cc(C)cc2C)CC1. The molecule has 0 spiro atoms. The second-order valence-electron chi connectivity index (χ2n) is 5.06. The predicted molar refractivity (Wildman–Crippen MR) is 68.8 cm³/mol. The van der Waals surface area contributed by atoms with Gasteiger partial charge in [0, 0.05) is 7.05 Å². The van der Waals surface area contributed by atoms with Crippen LogP contribution < -0.4 is 10.9 Å². The molecule has 2 N–H and O–H groups in total. The summed E-state index contributed by atoms with van der Waals surface area (Å²) < 4.78 is 0. The van der Waals surface area contributed by atoms with E-state index in [-0.39, 0.29) is 11.3 Å². The van der Waals surface area contributed by atoms with Gasteiger partial charge in [-0.1, -0.05) is 17.7 Å². The van der Waals surface area contributed by atoms with Gasteiger partial charge in [0.15, 0.2) is 0 Å². The Labute approximate surface area is 103 Å². The molecule has 92 valence electrons. The third kappa shape index (κ3) is 1.95. The number of carbonyl (C=O) groups is 1. The first-order valence-electron chi connectivity index (χ1n) is 6.07. The third-order valence-electron chi connectivity index (χ3n) is 3.58. The van der Waals surface area contributed by atoms with Crippen LogP contribution in [-0.2, 0) is 10.2 Å².